The molecule has 0 saturated carbocycles. The average Bonchev–Trinajstić information content (AvgIpc) is 2.52. The van der Waals surface area contributed by atoms with Gasteiger partial charge in [-0.15, -0.1) is 0 Å². The molecule has 0 fully saturated rings. The van der Waals surface area contributed by atoms with Crippen LogP contribution < -0.4 is 20.2 Å². The van der Waals surface area contributed by atoms with Gasteiger partial charge in [0, 0.05) is 10.9 Å². The maximum atomic E-state index is 12.2. The Labute approximate surface area is 126 Å². The van der Waals surface area contributed by atoms with Crippen LogP contribution in [0.3, 0.4) is 0 Å². The van der Waals surface area contributed by atoms with Gasteiger partial charge in [0.05, 0.1) is 13.1 Å². The second-order valence-electron chi connectivity index (χ2n) is 5.19. The summed E-state index contributed by atoms with van der Waals surface area (Å²) in [6.45, 7) is -0.643. The summed E-state index contributed by atoms with van der Waals surface area (Å²) in [6, 6.07) is 3.50. The number of benzene rings is 1. The van der Waals surface area contributed by atoms with Gasteiger partial charge in [0.15, 0.2) is 11.3 Å². The monoisotopic (exact) mass is 303 g/mol. The summed E-state index contributed by atoms with van der Waals surface area (Å²) in [7, 11) is 1.43. The van der Waals surface area contributed by atoms with Crippen molar-refractivity contribution in [1.29, 1.82) is 0 Å². The highest BCUT2D eigenvalue weighted by Gasteiger charge is 2.22. The van der Waals surface area contributed by atoms with Crippen molar-refractivity contribution in [3.63, 3.8) is 0 Å². The SMILES string of the molecule is COc1ccc2c3c(c(=O)oc2c1OCC(=O)[O-])CCCC3. The first-order valence-electron chi connectivity index (χ1n) is 7.10. The van der Waals surface area contributed by atoms with E-state index in [-0.39, 0.29) is 11.3 Å². The number of ether oxygens (including phenoxy) is 2. The smallest absolute Gasteiger partial charge is 0.339 e. The van der Waals surface area contributed by atoms with Gasteiger partial charge < -0.3 is 23.8 Å². The fourth-order valence-electron chi connectivity index (χ4n) is 2.89. The summed E-state index contributed by atoms with van der Waals surface area (Å²) in [5, 5.41) is 11.4. The third-order valence-electron chi connectivity index (χ3n) is 3.86. The number of aryl methyl sites for hydroxylation is 1. The average molecular weight is 303 g/mol. The first-order valence-corrected chi connectivity index (χ1v) is 7.10. The molecule has 6 nitrogen and oxygen atoms in total. The molecule has 0 amide bonds. The molecule has 1 aliphatic rings. The standard InChI is InChI=1S/C16H16O6/c1-20-12-7-6-10-9-4-2-3-5-11(9)16(19)22-14(10)15(12)21-8-13(17)18/h6-7H,2-5,8H2,1H3,(H,17,18)/p-1. The van der Waals surface area contributed by atoms with E-state index >= 15 is 0 Å². The highest BCUT2D eigenvalue weighted by molar-refractivity contribution is 5.89. The van der Waals surface area contributed by atoms with Crippen LogP contribution in [-0.2, 0) is 17.6 Å². The lowest BCUT2D eigenvalue weighted by Gasteiger charge is -2.18. The quantitative estimate of drug-likeness (QED) is 0.777. The Morgan fingerprint density at radius 3 is 2.68 bits per heavy atom. The summed E-state index contributed by atoms with van der Waals surface area (Å²) >= 11 is 0. The number of hydrogen-bond acceptors (Lipinski definition) is 6. The highest BCUT2D eigenvalue weighted by Crippen LogP contribution is 2.38. The fraction of sp³-hybridized carbons (Fsp3) is 0.375. The van der Waals surface area contributed by atoms with E-state index in [9.17, 15) is 14.7 Å². The van der Waals surface area contributed by atoms with Gasteiger partial charge in [-0.25, -0.2) is 4.79 Å². The molecular formula is C16H15O6-. The normalized spacial score (nSPS) is 13.7. The molecule has 0 saturated heterocycles. The maximum Gasteiger partial charge on any atom is 0.339 e. The van der Waals surface area contributed by atoms with Crippen LogP contribution in [0.4, 0.5) is 0 Å². The van der Waals surface area contributed by atoms with Crippen LogP contribution in [0.1, 0.15) is 24.0 Å². The molecule has 1 aromatic heterocycles. The first-order chi connectivity index (χ1) is 10.6. The Hall–Kier alpha value is -2.50. The Kier molecular flexibility index (Phi) is 3.75. The Bertz CT molecular complexity index is 789. The second kappa shape index (κ2) is 5.71. The number of methoxy groups -OCH3 is 1. The molecule has 0 spiro atoms. The van der Waals surface area contributed by atoms with Gasteiger partial charge in [0.2, 0.25) is 5.75 Å². The molecule has 0 N–H and O–H groups in total. The first kappa shape index (κ1) is 14.4. The summed E-state index contributed by atoms with van der Waals surface area (Å²) in [5.74, 6) is -0.929. The minimum Gasteiger partial charge on any atom is -0.546 e. The van der Waals surface area contributed by atoms with E-state index in [4.69, 9.17) is 13.9 Å². The van der Waals surface area contributed by atoms with Crippen LogP contribution in [-0.4, -0.2) is 19.7 Å². The van der Waals surface area contributed by atoms with E-state index in [1.807, 2.05) is 6.07 Å². The molecular weight excluding hydrogens is 288 g/mol. The molecule has 116 valence electrons. The molecule has 6 heteroatoms. The lowest BCUT2D eigenvalue weighted by Crippen LogP contribution is -2.29. The second-order valence-corrected chi connectivity index (χ2v) is 5.19. The number of fused-ring (bicyclic) bond motifs is 3. The number of hydrogen-bond donors (Lipinski definition) is 0. The van der Waals surface area contributed by atoms with Crippen molar-refractivity contribution < 1.29 is 23.8 Å². The summed E-state index contributed by atoms with van der Waals surface area (Å²) in [5.41, 5.74) is 1.49. The van der Waals surface area contributed by atoms with Crippen molar-refractivity contribution in [1.82, 2.24) is 0 Å². The van der Waals surface area contributed by atoms with Crippen molar-refractivity contribution >= 4 is 16.9 Å². The minimum atomic E-state index is -1.36. The van der Waals surface area contributed by atoms with E-state index in [2.05, 4.69) is 0 Å². The third kappa shape index (κ3) is 2.41. The molecule has 0 aliphatic heterocycles. The molecule has 3 rings (SSSR count). The van der Waals surface area contributed by atoms with Crippen molar-refractivity contribution in [3.05, 3.63) is 33.7 Å². The Morgan fingerprint density at radius 2 is 2.00 bits per heavy atom. The van der Waals surface area contributed by atoms with Gasteiger partial charge in [0.25, 0.3) is 0 Å². The summed E-state index contributed by atoms with van der Waals surface area (Å²) in [4.78, 5) is 22.8. The zero-order chi connectivity index (χ0) is 15.7. The predicted octanol–water partition coefficient (Wildman–Crippen LogP) is 0.809. The zero-order valence-corrected chi connectivity index (χ0v) is 12.1. The van der Waals surface area contributed by atoms with E-state index in [0.29, 0.717) is 17.7 Å². The molecule has 1 aromatic carbocycles. The van der Waals surface area contributed by atoms with Crippen LogP contribution in [0.2, 0.25) is 0 Å². The molecule has 0 atom stereocenters. The molecule has 1 aliphatic carbocycles. The van der Waals surface area contributed by atoms with Gasteiger partial charge in [-0.3, -0.25) is 0 Å². The Morgan fingerprint density at radius 1 is 1.27 bits per heavy atom. The van der Waals surface area contributed by atoms with Crippen LogP contribution in [0.25, 0.3) is 11.0 Å². The largest absolute Gasteiger partial charge is 0.546 e. The Balaban J connectivity index is 2.24. The molecule has 0 bridgehead atoms. The zero-order valence-electron chi connectivity index (χ0n) is 12.1. The van der Waals surface area contributed by atoms with E-state index in [1.54, 1.807) is 6.07 Å². The molecule has 0 unspecified atom stereocenters. The molecule has 22 heavy (non-hydrogen) atoms. The minimum absolute atomic E-state index is 0.120. The van der Waals surface area contributed by atoms with Crippen molar-refractivity contribution in [3.8, 4) is 11.5 Å². The predicted molar refractivity (Wildman–Crippen MR) is 76.2 cm³/mol. The van der Waals surface area contributed by atoms with Gasteiger partial charge in [-0.2, -0.15) is 0 Å². The van der Waals surface area contributed by atoms with Crippen LogP contribution in [0.15, 0.2) is 21.3 Å². The number of carbonyl (C=O) groups is 1. The number of rotatable bonds is 4. The van der Waals surface area contributed by atoms with Crippen molar-refractivity contribution in [2.24, 2.45) is 0 Å². The molecule has 0 radical (unpaired) electrons. The summed E-state index contributed by atoms with van der Waals surface area (Å²) < 4.78 is 15.8. The van der Waals surface area contributed by atoms with Crippen LogP contribution in [0, 0.1) is 0 Å². The van der Waals surface area contributed by atoms with Crippen molar-refractivity contribution in [2.45, 2.75) is 25.7 Å². The number of carboxylic acids is 1. The van der Waals surface area contributed by atoms with Gasteiger partial charge in [-0.1, -0.05) is 0 Å². The molecule has 2 aromatic rings. The number of aliphatic carboxylic acids is 1. The van der Waals surface area contributed by atoms with Gasteiger partial charge in [0.1, 0.15) is 6.61 Å². The third-order valence-corrected chi connectivity index (χ3v) is 3.86. The lowest BCUT2D eigenvalue weighted by atomic mass is 9.90. The van der Waals surface area contributed by atoms with Crippen molar-refractivity contribution in [2.75, 3.05) is 13.7 Å². The molecule has 1 heterocycles. The van der Waals surface area contributed by atoms with Gasteiger partial charge in [-0.05, 0) is 43.4 Å². The van der Waals surface area contributed by atoms with Crippen LogP contribution in [0.5, 0.6) is 11.5 Å². The number of carboxylic acid groups (broad SMARTS) is 1. The number of carbonyl (C=O) groups excluding carboxylic acids is 1. The van der Waals surface area contributed by atoms with Crippen LogP contribution >= 0.6 is 0 Å². The maximum absolute atomic E-state index is 12.2. The van der Waals surface area contributed by atoms with E-state index in [1.165, 1.54) is 7.11 Å². The van der Waals surface area contributed by atoms with Gasteiger partial charge >= 0.3 is 5.63 Å². The highest BCUT2D eigenvalue weighted by atomic mass is 16.5. The van der Waals surface area contributed by atoms with E-state index < -0.39 is 18.2 Å². The lowest BCUT2D eigenvalue weighted by molar-refractivity contribution is -0.307. The fourth-order valence-corrected chi connectivity index (χ4v) is 2.89. The topological polar surface area (TPSA) is 88.8 Å². The summed E-state index contributed by atoms with van der Waals surface area (Å²) in [6.07, 6.45) is 3.47. The van der Waals surface area contributed by atoms with E-state index in [0.717, 1.165) is 30.2 Å².